The predicted octanol–water partition coefficient (Wildman–Crippen LogP) is 4.45. The van der Waals surface area contributed by atoms with Gasteiger partial charge in [0.15, 0.2) is 0 Å². The van der Waals surface area contributed by atoms with E-state index in [2.05, 4.69) is 5.32 Å². The van der Waals surface area contributed by atoms with Crippen molar-refractivity contribution < 1.29 is 19.1 Å². The van der Waals surface area contributed by atoms with Gasteiger partial charge in [-0.1, -0.05) is 19.8 Å². The average molecular weight is 374 g/mol. The molecule has 1 saturated carbocycles. The molecule has 1 aromatic carbocycles. The standard InChI is InChI=1S/C21H30N2O4/c1-3-13-27-21(25)22-16-10-11-17(19(14-16)26-2)20(24)23-12-6-8-15-7-4-5-9-18(15)23/h10-11,14-15,18H,3-9,12-13H2,1-2H3,(H,22,25)/t15-,18+/m0/s1. The van der Waals surface area contributed by atoms with Crippen molar-refractivity contribution >= 4 is 17.7 Å². The number of amides is 2. The Bertz CT molecular complexity index is 674. The number of likely N-dealkylation sites (tertiary alicyclic amines) is 1. The van der Waals surface area contributed by atoms with Crippen LogP contribution in [-0.4, -0.2) is 43.2 Å². The molecule has 3 rings (SSSR count). The molecule has 1 aromatic rings. The first-order chi connectivity index (χ1) is 13.1. The number of piperidine rings is 1. The van der Waals surface area contributed by atoms with Gasteiger partial charge < -0.3 is 14.4 Å². The molecule has 2 atom stereocenters. The number of benzene rings is 1. The van der Waals surface area contributed by atoms with Crippen LogP contribution < -0.4 is 10.1 Å². The maximum Gasteiger partial charge on any atom is 0.411 e. The number of methoxy groups -OCH3 is 1. The fraction of sp³-hybridized carbons (Fsp3) is 0.619. The van der Waals surface area contributed by atoms with Crippen LogP contribution in [0, 0.1) is 5.92 Å². The van der Waals surface area contributed by atoms with Gasteiger partial charge in [0, 0.05) is 24.3 Å². The number of nitrogens with one attached hydrogen (secondary N) is 1. The number of ether oxygens (including phenoxy) is 2. The second kappa shape index (κ2) is 9.11. The van der Waals surface area contributed by atoms with Gasteiger partial charge in [0.1, 0.15) is 5.75 Å². The first-order valence-corrected chi connectivity index (χ1v) is 10.1. The molecule has 0 bridgehead atoms. The van der Waals surface area contributed by atoms with E-state index in [9.17, 15) is 9.59 Å². The Labute approximate surface area is 161 Å². The van der Waals surface area contributed by atoms with Crippen LogP contribution in [0.5, 0.6) is 5.75 Å². The highest BCUT2D eigenvalue weighted by Gasteiger charge is 2.36. The minimum atomic E-state index is -0.501. The molecule has 1 saturated heterocycles. The summed E-state index contributed by atoms with van der Waals surface area (Å²) in [6.45, 7) is 3.12. The summed E-state index contributed by atoms with van der Waals surface area (Å²) in [7, 11) is 1.55. The van der Waals surface area contributed by atoms with Crippen LogP contribution in [0.25, 0.3) is 0 Å². The van der Waals surface area contributed by atoms with Crippen molar-refractivity contribution in [3.63, 3.8) is 0 Å². The molecule has 1 N–H and O–H groups in total. The van der Waals surface area contributed by atoms with E-state index in [1.165, 1.54) is 25.7 Å². The summed E-state index contributed by atoms with van der Waals surface area (Å²) >= 11 is 0. The lowest BCUT2D eigenvalue weighted by Crippen LogP contribution is -2.49. The Balaban J connectivity index is 1.75. The maximum atomic E-state index is 13.2. The second-order valence-corrected chi connectivity index (χ2v) is 7.43. The normalized spacial score (nSPS) is 21.9. The van der Waals surface area contributed by atoms with E-state index >= 15 is 0 Å². The van der Waals surface area contributed by atoms with E-state index in [-0.39, 0.29) is 5.91 Å². The summed E-state index contributed by atoms with van der Waals surface area (Å²) in [6.07, 6.45) is 7.37. The Morgan fingerprint density at radius 2 is 1.96 bits per heavy atom. The monoisotopic (exact) mass is 374 g/mol. The van der Waals surface area contributed by atoms with Gasteiger partial charge >= 0.3 is 6.09 Å². The van der Waals surface area contributed by atoms with Crippen LogP contribution in [0.2, 0.25) is 0 Å². The number of hydrogen-bond acceptors (Lipinski definition) is 4. The third kappa shape index (κ3) is 4.54. The summed E-state index contributed by atoms with van der Waals surface area (Å²) in [5.74, 6) is 1.14. The van der Waals surface area contributed by atoms with Crippen LogP contribution in [0.4, 0.5) is 10.5 Å². The second-order valence-electron chi connectivity index (χ2n) is 7.43. The molecule has 2 amide bonds. The van der Waals surface area contributed by atoms with Gasteiger partial charge in [-0.2, -0.15) is 0 Å². The van der Waals surface area contributed by atoms with Crippen LogP contribution in [0.15, 0.2) is 18.2 Å². The first kappa shape index (κ1) is 19.5. The number of fused-ring (bicyclic) bond motifs is 1. The Hall–Kier alpha value is -2.24. The van der Waals surface area contributed by atoms with Gasteiger partial charge in [0.25, 0.3) is 5.91 Å². The van der Waals surface area contributed by atoms with Crippen LogP contribution >= 0.6 is 0 Å². The number of anilines is 1. The minimum Gasteiger partial charge on any atom is -0.496 e. The van der Waals surface area contributed by atoms with Crippen molar-refractivity contribution in [1.82, 2.24) is 4.90 Å². The topological polar surface area (TPSA) is 67.9 Å². The average Bonchev–Trinajstić information content (AvgIpc) is 2.71. The summed E-state index contributed by atoms with van der Waals surface area (Å²) < 4.78 is 10.5. The molecule has 2 aliphatic rings. The van der Waals surface area contributed by atoms with E-state index in [0.29, 0.717) is 35.6 Å². The summed E-state index contributed by atoms with van der Waals surface area (Å²) in [5, 5.41) is 2.68. The molecule has 27 heavy (non-hydrogen) atoms. The molecule has 0 unspecified atom stereocenters. The molecule has 1 heterocycles. The third-order valence-corrected chi connectivity index (χ3v) is 5.62. The van der Waals surface area contributed by atoms with Gasteiger partial charge in [-0.05, 0) is 50.2 Å². The summed E-state index contributed by atoms with van der Waals surface area (Å²) in [6, 6.07) is 5.50. The van der Waals surface area contributed by atoms with E-state index in [1.807, 2.05) is 11.8 Å². The van der Waals surface area contributed by atoms with E-state index in [0.717, 1.165) is 25.8 Å². The van der Waals surface area contributed by atoms with Crippen molar-refractivity contribution in [3.05, 3.63) is 23.8 Å². The lowest BCUT2D eigenvalue weighted by atomic mass is 9.78. The fourth-order valence-corrected chi connectivity index (χ4v) is 4.33. The van der Waals surface area contributed by atoms with Crippen molar-refractivity contribution in [2.24, 2.45) is 5.92 Å². The summed E-state index contributed by atoms with van der Waals surface area (Å²) in [4.78, 5) is 27.0. The number of hydrogen-bond donors (Lipinski definition) is 1. The zero-order valence-corrected chi connectivity index (χ0v) is 16.3. The number of carbonyl (C=O) groups is 2. The first-order valence-electron chi connectivity index (χ1n) is 10.1. The van der Waals surface area contributed by atoms with Crippen LogP contribution in [0.3, 0.4) is 0 Å². The molecular weight excluding hydrogens is 344 g/mol. The van der Waals surface area contributed by atoms with Crippen LogP contribution in [0.1, 0.15) is 62.2 Å². The third-order valence-electron chi connectivity index (χ3n) is 5.62. The quantitative estimate of drug-likeness (QED) is 0.827. The Morgan fingerprint density at radius 1 is 1.19 bits per heavy atom. The fourth-order valence-electron chi connectivity index (χ4n) is 4.33. The van der Waals surface area contributed by atoms with Gasteiger partial charge in [0.2, 0.25) is 0 Å². The zero-order chi connectivity index (χ0) is 19.2. The molecule has 6 heteroatoms. The van der Waals surface area contributed by atoms with Gasteiger partial charge in [0.05, 0.1) is 19.3 Å². The van der Waals surface area contributed by atoms with E-state index in [4.69, 9.17) is 9.47 Å². The minimum absolute atomic E-state index is 0.0311. The molecule has 6 nitrogen and oxygen atoms in total. The smallest absolute Gasteiger partial charge is 0.411 e. The zero-order valence-electron chi connectivity index (χ0n) is 16.3. The van der Waals surface area contributed by atoms with Gasteiger partial charge in [-0.25, -0.2) is 4.79 Å². The Morgan fingerprint density at radius 3 is 2.74 bits per heavy atom. The highest BCUT2D eigenvalue weighted by Crippen LogP contribution is 2.37. The van der Waals surface area contributed by atoms with E-state index < -0.39 is 6.09 Å². The highest BCUT2D eigenvalue weighted by molar-refractivity contribution is 5.98. The molecule has 0 radical (unpaired) electrons. The lowest BCUT2D eigenvalue weighted by molar-refractivity contribution is 0.0388. The van der Waals surface area contributed by atoms with Crippen molar-refractivity contribution in [1.29, 1.82) is 0 Å². The van der Waals surface area contributed by atoms with Crippen molar-refractivity contribution in [2.75, 3.05) is 25.6 Å². The molecule has 2 fully saturated rings. The highest BCUT2D eigenvalue weighted by atomic mass is 16.5. The molecule has 0 aromatic heterocycles. The van der Waals surface area contributed by atoms with Crippen LogP contribution in [-0.2, 0) is 4.74 Å². The maximum absolute atomic E-state index is 13.2. The number of carbonyl (C=O) groups excluding carboxylic acids is 2. The van der Waals surface area contributed by atoms with E-state index in [1.54, 1.807) is 25.3 Å². The lowest BCUT2D eigenvalue weighted by Gasteiger charge is -2.44. The SMILES string of the molecule is CCCOC(=O)Nc1ccc(C(=O)N2CCC[C@@H]3CCCC[C@H]32)c(OC)c1. The number of nitrogens with zero attached hydrogens (tertiary/aromatic N) is 1. The Kier molecular flexibility index (Phi) is 6.58. The van der Waals surface area contributed by atoms with Gasteiger partial charge in [-0.3, -0.25) is 10.1 Å². The molecule has 0 spiro atoms. The molecule has 148 valence electrons. The predicted molar refractivity (Wildman–Crippen MR) is 104 cm³/mol. The molecule has 1 aliphatic carbocycles. The summed E-state index contributed by atoms with van der Waals surface area (Å²) in [5.41, 5.74) is 1.11. The largest absolute Gasteiger partial charge is 0.496 e. The molecular formula is C21H30N2O4. The molecule has 1 aliphatic heterocycles. The van der Waals surface area contributed by atoms with Gasteiger partial charge in [-0.15, -0.1) is 0 Å². The number of rotatable bonds is 5. The van der Waals surface area contributed by atoms with Crippen molar-refractivity contribution in [2.45, 2.75) is 57.9 Å². The van der Waals surface area contributed by atoms with Crippen molar-refractivity contribution in [3.8, 4) is 5.75 Å².